The number of nitrogens with zero attached hydrogens (tertiary/aromatic N) is 2. The second-order valence-corrected chi connectivity index (χ2v) is 15.5. The van der Waals surface area contributed by atoms with Crippen molar-refractivity contribution in [3.05, 3.63) is 74.8 Å². The van der Waals surface area contributed by atoms with Crippen LogP contribution in [-0.4, -0.2) is 82.8 Å². The van der Waals surface area contributed by atoms with Gasteiger partial charge in [-0.15, -0.1) is 0 Å². The number of fused-ring (bicyclic) bond motifs is 1. The molecule has 5 rings (SSSR count). The number of carbonyl (C=O) groups is 5. The highest BCUT2D eigenvalue weighted by Gasteiger charge is 2.40. The Morgan fingerprint density at radius 2 is 1.63 bits per heavy atom. The Hall–Kier alpha value is -4.09. The number of hydrogen-bond donors (Lipinski definition) is 5. The Balaban J connectivity index is 0.000000238. The Morgan fingerprint density at radius 1 is 1.04 bits per heavy atom. The number of carbonyl (C=O) groups excluding carboxylic acids is 4. The maximum atomic E-state index is 12.7. The molecule has 0 aromatic heterocycles. The highest BCUT2D eigenvalue weighted by atomic mass is 35.5. The van der Waals surface area contributed by atoms with Crippen molar-refractivity contribution in [3.8, 4) is 0 Å². The van der Waals surface area contributed by atoms with E-state index in [1.54, 1.807) is 63.2 Å². The number of imide groups is 1. The zero-order chi connectivity index (χ0) is 39.0. The standard InChI is InChI=1S/C19H17Cl2NO4.C10H12N2O3S.C3H8NO5P/c1-2-26-19(25)16(21)10-11-9-12(7-8-15(11)20)22-17(23)13-5-3-4-6-14(13)18(22)24;1-7(2)12-10(13)8-5-3-4-6-9(8)11-16(12,14)15;5-3(6)1-4-2-10(7,8)9/h7-10H,2-6H2,1H3;3-7,11H,1-2H3;4H,1-2H2,(H,5,6)(H2,7,8,9)/b16-10-;;. The number of carboxylic acids is 1. The first-order valence-corrected chi connectivity index (χ1v) is 19.7. The van der Waals surface area contributed by atoms with Crippen molar-refractivity contribution in [1.29, 1.82) is 0 Å². The Bertz CT molecular complexity index is 1940. The number of anilines is 2. The van der Waals surface area contributed by atoms with Crippen LogP contribution in [0.25, 0.3) is 6.08 Å². The minimum Gasteiger partial charge on any atom is -0.480 e. The Morgan fingerprint density at radius 3 is 2.17 bits per heavy atom. The summed E-state index contributed by atoms with van der Waals surface area (Å²) in [5.74, 6) is -2.85. The molecular formula is C32H37Cl2N4O12PS. The molecule has 16 nitrogen and oxygen atoms in total. The van der Waals surface area contributed by atoms with Crippen molar-refractivity contribution >= 4 is 88.1 Å². The van der Waals surface area contributed by atoms with Gasteiger partial charge in [-0.1, -0.05) is 35.3 Å². The van der Waals surface area contributed by atoms with Crippen LogP contribution < -0.4 is 14.9 Å². The highest BCUT2D eigenvalue weighted by molar-refractivity contribution is 7.91. The van der Waals surface area contributed by atoms with E-state index < -0.39 is 54.5 Å². The fourth-order valence-electron chi connectivity index (χ4n) is 5.15. The lowest BCUT2D eigenvalue weighted by Crippen LogP contribution is -2.48. The molecule has 0 saturated carbocycles. The number of carboxylic acid groups (broad SMARTS) is 1. The van der Waals surface area contributed by atoms with Gasteiger partial charge < -0.3 is 19.6 Å². The molecule has 1 aliphatic carbocycles. The molecule has 2 aromatic rings. The van der Waals surface area contributed by atoms with Gasteiger partial charge in [-0.25, -0.2) is 14.0 Å². The molecule has 0 saturated heterocycles. The van der Waals surface area contributed by atoms with E-state index in [4.69, 9.17) is 42.8 Å². The van der Waals surface area contributed by atoms with Gasteiger partial charge in [0.2, 0.25) is 0 Å². The van der Waals surface area contributed by atoms with E-state index in [2.05, 4.69) is 10.0 Å². The fourth-order valence-corrected chi connectivity index (χ4v) is 7.32. The average molecular weight is 804 g/mol. The molecule has 5 N–H and O–H groups in total. The third-order valence-corrected chi connectivity index (χ3v) is 10.1. The smallest absolute Gasteiger partial charge is 0.349 e. The van der Waals surface area contributed by atoms with Crippen molar-refractivity contribution in [2.75, 3.05) is 29.1 Å². The maximum Gasteiger partial charge on any atom is 0.349 e. The van der Waals surface area contributed by atoms with Crippen molar-refractivity contribution in [2.24, 2.45) is 0 Å². The van der Waals surface area contributed by atoms with Crippen LogP contribution in [0.2, 0.25) is 5.02 Å². The number of esters is 1. The summed E-state index contributed by atoms with van der Waals surface area (Å²) in [6.07, 6.45) is 3.85. The Kier molecular flexibility index (Phi) is 14.7. The van der Waals surface area contributed by atoms with Gasteiger partial charge >= 0.3 is 29.7 Å². The van der Waals surface area contributed by atoms with Gasteiger partial charge in [0.05, 0.1) is 36.4 Å². The predicted molar refractivity (Wildman–Crippen MR) is 193 cm³/mol. The molecule has 2 heterocycles. The number of nitrogens with one attached hydrogen (secondary N) is 2. The number of rotatable bonds is 9. The lowest BCUT2D eigenvalue weighted by atomic mass is 9.93. The Labute approximate surface area is 309 Å². The summed E-state index contributed by atoms with van der Waals surface area (Å²) in [6.45, 7) is 4.75. The molecule has 0 radical (unpaired) electrons. The normalized spacial score (nSPS) is 16.6. The van der Waals surface area contributed by atoms with E-state index in [1.807, 2.05) is 0 Å². The highest BCUT2D eigenvalue weighted by Crippen LogP contribution is 2.37. The van der Waals surface area contributed by atoms with Gasteiger partial charge in [-0.3, -0.25) is 33.8 Å². The average Bonchev–Trinajstić information content (AvgIpc) is 3.30. The number of hydrogen-bond acceptors (Lipinski definition) is 10. The summed E-state index contributed by atoms with van der Waals surface area (Å²) in [6, 6.07) is 10.9. The van der Waals surface area contributed by atoms with Gasteiger partial charge in [-0.2, -0.15) is 8.42 Å². The second-order valence-electron chi connectivity index (χ2n) is 11.5. The number of amides is 3. The molecule has 0 bridgehead atoms. The third kappa shape index (κ3) is 11.0. The summed E-state index contributed by atoms with van der Waals surface area (Å²) in [5, 5.41) is 10.3. The SMILES string of the molecule is CC(C)N1C(=O)c2ccccc2NS1(=O)=O.CCOC(=O)/C(Cl)=C/c1cc(N2C(=O)C3=C(CCCC3)C2=O)ccc1Cl.O=C(O)CNCP(=O)(O)O. The number of benzene rings is 2. The van der Waals surface area contributed by atoms with E-state index in [0.29, 0.717) is 51.5 Å². The summed E-state index contributed by atoms with van der Waals surface area (Å²) in [7, 11) is -7.85. The lowest BCUT2D eigenvalue weighted by molar-refractivity contribution is -0.138. The van der Waals surface area contributed by atoms with E-state index in [9.17, 15) is 37.0 Å². The quantitative estimate of drug-likeness (QED) is 0.103. The van der Waals surface area contributed by atoms with E-state index in [0.717, 1.165) is 17.1 Å². The molecule has 0 fully saturated rings. The topological polar surface area (TPSA) is 237 Å². The molecule has 0 atom stereocenters. The first-order valence-electron chi connectivity index (χ1n) is 15.7. The molecule has 0 spiro atoms. The van der Waals surface area contributed by atoms with Crippen LogP contribution in [0.15, 0.2) is 58.6 Å². The van der Waals surface area contributed by atoms with Crippen molar-refractivity contribution in [2.45, 2.75) is 52.5 Å². The van der Waals surface area contributed by atoms with Crippen molar-refractivity contribution in [3.63, 3.8) is 0 Å². The molecule has 52 heavy (non-hydrogen) atoms. The minimum absolute atomic E-state index is 0.137. The van der Waals surface area contributed by atoms with Crippen LogP contribution in [-0.2, 0) is 38.7 Å². The zero-order valence-corrected chi connectivity index (χ0v) is 31.4. The summed E-state index contributed by atoms with van der Waals surface area (Å²) in [4.78, 5) is 76.3. The monoisotopic (exact) mass is 802 g/mol. The number of aliphatic carboxylic acids is 1. The zero-order valence-electron chi connectivity index (χ0n) is 28.2. The van der Waals surface area contributed by atoms with Crippen LogP contribution >= 0.6 is 30.8 Å². The first-order chi connectivity index (χ1) is 24.3. The van der Waals surface area contributed by atoms with Gasteiger partial charge in [0.1, 0.15) is 5.03 Å². The van der Waals surface area contributed by atoms with Crippen LogP contribution in [0.1, 0.15) is 62.4 Å². The van der Waals surface area contributed by atoms with Gasteiger partial charge in [0.25, 0.3) is 17.7 Å². The first kappa shape index (κ1) is 42.3. The molecule has 2 aromatic carbocycles. The van der Waals surface area contributed by atoms with Crippen LogP contribution in [0.5, 0.6) is 0 Å². The lowest BCUT2D eigenvalue weighted by Gasteiger charge is -2.31. The summed E-state index contributed by atoms with van der Waals surface area (Å²) in [5.41, 5.74) is 2.76. The summed E-state index contributed by atoms with van der Waals surface area (Å²) < 4.78 is 41.7. The van der Waals surface area contributed by atoms with E-state index in [1.165, 1.54) is 11.0 Å². The van der Waals surface area contributed by atoms with Gasteiger partial charge in [-0.05, 0) is 88.4 Å². The minimum atomic E-state index is -4.10. The number of halogens is 2. The largest absolute Gasteiger partial charge is 0.480 e. The van der Waals surface area contributed by atoms with Crippen LogP contribution in [0, 0.1) is 0 Å². The molecule has 20 heteroatoms. The number of ether oxygens (including phenoxy) is 1. The molecule has 2 aliphatic heterocycles. The second kappa shape index (κ2) is 18.1. The van der Waals surface area contributed by atoms with Crippen LogP contribution in [0.4, 0.5) is 11.4 Å². The fraction of sp³-hybridized carbons (Fsp3) is 0.344. The third-order valence-electron chi connectivity index (χ3n) is 7.30. The molecular weight excluding hydrogens is 766 g/mol. The van der Waals surface area contributed by atoms with Crippen LogP contribution in [0.3, 0.4) is 0 Å². The predicted octanol–water partition coefficient (Wildman–Crippen LogP) is 4.23. The molecule has 3 aliphatic rings. The van der Waals surface area contributed by atoms with E-state index >= 15 is 0 Å². The van der Waals surface area contributed by atoms with Crippen molar-refractivity contribution in [1.82, 2.24) is 9.62 Å². The van der Waals surface area contributed by atoms with Crippen molar-refractivity contribution < 1.29 is 56.6 Å². The molecule has 282 valence electrons. The maximum absolute atomic E-state index is 12.7. The van der Waals surface area contributed by atoms with Gasteiger partial charge in [0, 0.05) is 22.2 Å². The number of para-hydroxylation sites is 1. The van der Waals surface area contributed by atoms with E-state index in [-0.39, 0.29) is 23.5 Å². The molecule has 0 unspecified atom stereocenters. The summed E-state index contributed by atoms with van der Waals surface area (Å²) >= 11 is 12.1. The van der Waals surface area contributed by atoms with Gasteiger partial charge in [0.15, 0.2) is 0 Å². The molecule has 3 amide bonds.